The van der Waals surface area contributed by atoms with Crippen LogP contribution < -0.4 is 10.6 Å². The number of amides is 2. The van der Waals surface area contributed by atoms with Gasteiger partial charge in [0.1, 0.15) is 5.69 Å². The van der Waals surface area contributed by atoms with Crippen LogP contribution in [-0.2, 0) is 17.8 Å². The maximum absolute atomic E-state index is 13.1. The molecule has 0 spiro atoms. The van der Waals surface area contributed by atoms with Crippen LogP contribution in [0.1, 0.15) is 34.5 Å². The fourth-order valence-electron chi connectivity index (χ4n) is 4.11. The van der Waals surface area contributed by atoms with Crippen molar-refractivity contribution < 1.29 is 9.59 Å². The summed E-state index contributed by atoms with van der Waals surface area (Å²) < 4.78 is 0. The number of carbonyl (C=O) groups is 2. The smallest absolute Gasteiger partial charge is 0.267 e. The molecule has 0 bridgehead atoms. The van der Waals surface area contributed by atoms with Gasteiger partial charge in [-0.25, -0.2) is 0 Å². The molecule has 3 heterocycles. The molecule has 27 heavy (non-hydrogen) atoms. The van der Waals surface area contributed by atoms with Gasteiger partial charge in [0.05, 0.1) is 5.92 Å². The van der Waals surface area contributed by atoms with Crippen LogP contribution in [-0.4, -0.2) is 41.3 Å². The van der Waals surface area contributed by atoms with Crippen molar-refractivity contribution in [2.24, 2.45) is 11.7 Å². The van der Waals surface area contributed by atoms with Crippen molar-refractivity contribution in [3.05, 3.63) is 59.4 Å². The summed E-state index contributed by atoms with van der Waals surface area (Å²) in [6, 6.07) is 11.9. The third-order valence-corrected chi connectivity index (χ3v) is 5.57. The molecule has 4 rings (SSSR count). The minimum atomic E-state index is -0.534. The lowest BCUT2D eigenvalue weighted by molar-refractivity contribution is -0.136. The maximum atomic E-state index is 13.1. The molecule has 1 fully saturated rings. The van der Waals surface area contributed by atoms with Gasteiger partial charge in [-0.3, -0.25) is 14.6 Å². The average molecular weight is 364 g/mol. The number of hydrogen-bond acceptors (Lipinski definition) is 4. The van der Waals surface area contributed by atoms with Gasteiger partial charge in [0.25, 0.3) is 5.91 Å². The number of aromatic nitrogens is 1. The molecule has 1 aromatic carbocycles. The first-order valence-corrected chi connectivity index (χ1v) is 9.48. The molecular formula is C21H24N4O2. The summed E-state index contributed by atoms with van der Waals surface area (Å²) in [5, 5.41) is 0. The predicted molar refractivity (Wildman–Crippen MR) is 103 cm³/mol. The number of nitrogens with two attached hydrogens (primary N) is 1. The zero-order chi connectivity index (χ0) is 18.8. The summed E-state index contributed by atoms with van der Waals surface area (Å²) in [7, 11) is 0. The van der Waals surface area contributed by atoms with Crippen LogP contribution in [0.2, 0.25) is 0 Å². The molecule has 0 saturated carbocycles. The van der Waals surface area contributed by atoms with E-state index in [1.807, 2.05) is 17.0 Å². The molecule has 140 valence electrons. The summed E-state index contributed by atoms with van der Waals surface area (Å²) >= 11 is 0. The van der Waals surface area contributed by atoms with E-state index in [0.717, 1.165) is 38.0 Å². The van der Waals surface area contributed by atoms with Gasteiger partial charge < -0.3 is 15.5 Å². The van der Waals surface area contributed by atoms with E-state index in [1.54, 1.807) is 12.3 Å². The van der Waals surface area contributed by atoms with Crippen molar-refractivity contribution in [3.63, 3.8) is 0 Å². The fraction of sp³-hybridized carbons (Fsp3) is 0.381. The first-order chi connectivity index (χ1) is 13.1. The minimum Gasteiger partial charge on any atom is -0.371 e. The Morgan fingerprint density at radius 2 is 1.93 bits per heavy atom. The lowest BCUT2D eigenvalue weighted by Gasteiger charge is -2.37. The highest BCUT2D eigenvalue weighted by atomic mass is 16.2. The Bertz CT molecular complexity index is 867. The highest BCUT2D eigenvalue weighted by molar-refractivity contribution is 5.91. The maximum Gasteiger partial charge on any atom is 0.267 e. The van der Waals surface area contributed by atoms with Crippen molar-refractivity contribution in [2.45, 2.75) is 25.8 Å². The van der Waals surface area contributed by atoms with Crippen molar-refractivity contribution in [1.82, 2.24) is 9.88 Å². The monoisotopic (exact) mass is 364 g/mol. The number of benzene rings is 1. The first kappa shape index (κ1) is 17.5. The van der Waals surface area contributed by atoms with Crippen LogP contribution in [0.4, 0.5) is 5.69 Å². The number of piperidine rings is 1. The minimum absolute atomic E-state index is 0.0193. The van der Waals surface area contributed by atoms with Crippen molar-refractivity contribution >= 4 is 17.5 Å². The quantitative estimate of drug-likeness (QED) is 0.903. The second-order valence-electron chi connectivity index (χ2n) is 7.33. The molecule has 0 aliphatic carbocycles. The molecular weight excluding hydrogens is 340 g/mol. The second kappa shape index (κ2) is 7.39. The van der Waals surface area contributed by atoms with Crippen molar-refractivity contribution in [1.29, 1.82) is 0 Å². The predicted octanol–water partition coefficient (Wildman–Crippen LogP) is 1.98. The molecule has 2 N–H and O–H groups in total. The van der Waals surface area contributed by atoms with Gasteiger partial charge in [0, 0.05) is 38.1 Å². The Kier molecular flexibility index (Phi) is 4.79. The molecule has 6 nitrogen and oxygen atoms in total. The van der Waals surface area contributed by atoms with E-state index in [4.69, 9.17) is 5.73 Å². The Labute approximate surface area is 159 Å². The fourth-order valence-corrected chi connectivity index (χ4v) is 4.11. The van der Waals surface area contributed by atoms with Gasteiger partial charge in [0.15, 0.2) is 0 Å². The molecule has 2 aromatic rings. The standard InChI is InChI=1S/C21H24N4O2/c22-20(26)19-12-18(7-9-23-19)24-10-3-6-17(14-24)21(27)25-11-8-15-4-1-2-5-16(15)13-25/h1-2,4-5,7,9,12,17H,3,6,8,10-11,13-14H2,(H2,22,26). The number of nitrogens with zero attached hydrogens (tertiary/aromatic N) is 3. The van der Waals surface area contributed by atoms with E-state index >= 15 is 0 Å². The molecule has 2 aliphatic heterocycles. The normalized spacial score (nSPS) is 19.5. The van der Waals surface area contributed by atoms with Crippen LogP contribution in [0, 0.1) is 5.92 Å². The Morgan fingerprint density at radius 3 is 2.74 bits per heavy atom. The van der Waals surface area contributed by atoms with E-state index in [1.165, 1.54) is 11.1 Å². The Hall–Kier alpha value is -2.89. The van der Waals surface area contributed by atoms with Crippen LogP contribution in [0.5, 0.6) is 0 Å². The van der Waals surface area contributed by atoms with E-state index in [9.17, 15) is 9.59 Å². The molecule has 0 radical (unpaired) electrons. The lowest BCUT2D eigenvalue weighted by Crippen LogP contribution is -2.46. The summed E-state index contributed by atoms with van der Waals surface area (Å²) in [4.78, 5) is 32.7. The SMILES string of the molecule is NC(=O)c1cc(N2CCCC(C(=O)N3CCc4ccccc4C3)C2)ccn1. The third-order valence-electron chi connectivity index (χ3n) is 5.57. The number of anilines is 1. The van der Waals surface area contributed by atoms with Gasteiger partial charge >= 0.3 is 0 Å². The van der Waals surface area contributed by atoms with E-state index in [0.29, 0.717) is 13.1 Å². The summed E-state index contributed by atoms with van der Waals surface area (Å²) in [6.45, 7) is 3.02. The first-order valence-electron chi connectivity index (χ1n) is 9.48. The molecule has 1 aromatic heterocycles. The summed E-state index contributed by atoms with van der Waals surface area (Å²) in [5.41, 5.74) is 9.11. The van der Waals surface area contributed by atoms with Crippen LogP contribution in [0.15, 0.2) is 42.6 Å². The number of rotatable bonds is 3. The van der Waals surface area contributed by atoms with Gasteiger partial charge in [-0.15, -0.1) is 0 Å². The summed E-state index contributed by atoms with van der Waals surface area (Å²) in [5.74, 6) is -0.318. The van der Waals surface area contributed by atoms with Crippen molar-refractivity contribution in [3.8, 4) is 0 Å². The van der Waals surface area contributed by atoms with Crippen molar-refractivity contribution in [2.75, 3.05) is 24.5 Å². The zero-order valence-electron chi connectivity index (χ0n) is 15.3. The topological polar surface area (TPSA) is 79.5 Å². The number of fused-ring (bicyclic) bond motifs is 1. The van der Waals surface area contributed by atoms with Crippen LogP contribution in [0.3, 0.4) is 0 Å². The molecule has 6 heteroatoms. The highest BCUT2D eigenvalue weighted by Gasteiger charge is 2.31. The lowest BCUT2D eigenvalue weighted by atomic mass is 9.93. The average Bonchev–Trinajstić information content (AvgIpc) is 2.73. The number of pyridine rings is 1. The largest absolute Gasteiger partial charge is 0.371 e. The molecule has 1 atom stereocenters. The Morgan fingerprint density at radius 1 is 1.11 bits per heavy atom. The van der Waals surface area contributed by atoms with Gasteiger partial charge in [-0.2, -0.15) is 0 Å². The highest BCUT2D eigenvalue weighted by Crippen LogP contribution is 2.27. The number of carbonyl (C=O) groups excluding carboxylic acids is 2. The molecule has 2 aliphatic rings. The van der Waals surface area contributed by atoms with E-state index < -0.39 is 5.91 Å². The number of hydrogen-bond donors (Lipinski definition) is 1. The summed E-state index contributed by atoms with van der Waals surface area (Å²) in [6.07, 6.45) is 4.38. The molecule has 2 amide bonds. The van der Waals surface area contributed by atoms with E-state index in [-0.39, 0.29) is 17.5 Å². The molecule has 1 unspecified atom stereocenters. The van der Waals surface area contributed by atoms with Crippen LogP contribution >= 0.6 is 0 Å². The van der Waals surface area contributed by atoms with Gasteiger partial charge in [-0.1, -0.05) is 24.3 Å². The van der Waals surface area contributed by atoms with Gasteiger partial charge in [-0.05, 0) is 42.5 Å². The second-order valence-corrected chi connectivity index (χ2v) is 7.33. The zero-order valence-corrected chi connectivity index (χ0v) is 15.3. The number of primary amides is 1. The third kappa shape index (κ3) is 3.65. The van der Waals surface area contributed by atoms with Crippen LogP contribution in [0.25, 0.3) is 0 Å². The van der Waals surface area contributed by atoms with Gasteiger partial charge in [0.2, 0.25) is 5.91 Å². The molecule has 1 saturated heterocycles. The Balaban J connectivity index is 1.46. The van der Waals surface area contributed by atoms with E-state index in [2.05, 4.69) is 28.1 Å².